The Labute approximate surface area is 110 Å². The van der Waals surface area contributed by atoms with Gasteiger partial charge in [-0.1, -0.05) is 6.07 Å². The first kappa shape index (κ1) is 15.3. The molecule has 1 aromatic carbocycles. The van der Waals surface area contributed by atoms with Gasteiger partial charge in [0.1, 0.15) is 0 Å². The average molecular weight is 274 g/mol. The molecule has 1 aromatic rings. The molecule has 0 saturated heterocycles. The Balaban J connectivity index is 3.21. The molecule has 6 heteroatoms. The Morgan fingerprint density at radius 2 is 1.79 bits per heavy atom. The van der Waals surface area contributed by atoms with Crippen molar-refractivity contribution in [3.8, 4) is 0 Å². The lowest BCUT2D eigenvalue weighted by Gasteiger charge is -2.30. The first-order valence-electron chi connectivity index (χ1n) is 5.82. The van der Waals surface area contributed by atoms with Gasteiger partial charge < -0.3 is 4.90 Å². The number of alkyl halides is 3. The highest BCUT2D eigenvalue weighted by Crippen LogP contribution is 2.32. The van der Waals surface area contributed by atoms with Crippen LogP contribution >= 0.6 is 0 Å². The van der Waals surface area contributed by atoms with Crippen molar-refractivity contribution in [2.24, 2.45) is 0 Å². The van der Waals surface area contributed by atoms with Crippen LogP contribution in [0.2, 0.25) is 0 Å². The minimum Gasteiger partial charge on any atom is -0.330 e. The predicted octanol–water partition coefficient (Wildman–Crippen LogP) is 3.60. The molecule has 0 spiro atoms. The number of hydrogen-bond donors (Lipinski definition) is 0. The van der Waals surface area contributed by atoms with Gasteiger partial charge in [-0.2, -0.15) is 13.2 Å². The molecule has 0 aliphatic heterocycles. The van der Waals surface area contributed by atoms with Gasteiger partial charge in [-0.25, -0.2) is 4.79 Å². The number of benzene rings is 1. The smallest absolute Gasteiger partial charge is 0.330 e. The molecule has 1 rings (SSSR count). The van der Waals surface area contributed by atoms with Crippen molar-refractivity contribution >= 4 is 11.7 Å². The zero-order valence-corrected chi connectivity index (χ0v) is 11.3. The van der Waals surface area contributed by atoms with E-state index in [1.54, 1.807) is 27.9 Å². The molecular formula is C13H17F3N2O. The van der Waals surface area contributed by atoms with Gasteiger partial charge in [0.25, 0.3) is 0 Å². The molecule has 0 aliphatic carbocycles. The van der Waals surface area contributed by atoms with Gasteiger partial charge in [0.15, 0.2) is 0 Å². The third kappa shape index (κ3) is 3.62. The number of rotatable bonds is 2. The summed E-state index contributed by atoms with van der Waals surface area (Å²) in [5.74, 6) is 0. The Morgan fingerprint density at radius 1 is 1.21 bits per heavy atom. The van der Waals surface area contributed by atoms with Crippen LogP contribution in [0.5, 0.6) is 0 Å². The van der Waals surface area contributed by atoms with E-state index in [9.17, 15) is 18.0 Å². The van der Waals surface area contributed by atoms with E-state index in [2.05, 4.69) is 0 Å². The third-order valence-electron chi connectivity index (χ3n) is 2.56. The molecule has 0 fully saturated rings. The van der Waals surface area contributed by atoms with E-state index >= 15 is 0 Å². The topological polar surface area (TPSA) is 23.6 Å². The molecule has 0 unspecified atom stereocenters. The minimum absolute atomic E-state index is 0.238. The summed E-state index contributed by atoms with van der Waals surface area (Å²) in [5, 5.41) is 0. The molecule has 0 N–H and O–H groups in total. The zero-order valence-electron chi connectivity index (χ0n) is 11.3. The Kier molecular flexibility index (Phi) is 4.44. The molecule has 0 radical (unpaired) electrons. The highest BCUT2D eigenvalue weighted by Gasteiger charge is 2.31. The molecule has 0 saturated carbocycles. The second kappa shape index (κ2) is 5.50. The van der Waals surface area contributed by atoms with Gasteiger partial charge in [0, 0.05) is 25.8 Å². The first-order chi connectivity index (χ1) is 8.64. The van der Waals surface area contributed by atoms with Crippen LogP contribution in [0.25, 0.3) is 0 Å². The largest absolute Gasteiger partial charge is 0.416 e. The van der Waals surface area contributed by atoms with Gasteiger partial charge >= 0.3 is 12.2 Å². The summed E-state index contributed by atoms with van der Waals surface area (Å²) in [6, 6.07) is 4.18. The van der Waals surface area contributed by atoms with Gasteiger partial charge in [0.05, 0.1) is 5.56 Å². The Bertz CT molecular complexity index is 455. The van der Waals surface area contributed by atoms with Crippen molar-refractivity contribution in [3.63, 3.8) is 0 Å². The summed E-state index contributed by atoms with van der Waals surface area (Å²) in [7, 11) is 3.12. The maximum absolute atomic E-state index is 12.7. The lowest BCUT2D eigenvalue weighted by molar-refractivity contribution is -0.137. The van der Waals surface area contributed by atoms with Crippen molar-refractivity contribution in [3.05, 3.63) is 29.8 Å². The molecule has 0 bridgehead atoms. The number of hydrogen-bond acceptors (Lipinski definition) is 1. The number of halogens is 3. The summed E-state index contributed by atoms with van der Waals surface area (Å²) in [6.07, 6.45) is -4.42. The number of anilines is 1. The van der Waals surface area contributed by atoms with Crippen LogP contribution in [0.1, 0.15) is 19.4 Å². The number of carbonyl (C=O) groups is 1. The quantitative estimate of drug-likeness (QED) is 0.808. The van der Waals surface area contributed by atoms with E-state index < -0.39 is 11.7 Å². The standard InChI is InChI=1S/C13H17F3N2O/c1-9(2)18(12(19)17(3)4)11-7-5-6-10(8-11)13(14,15)16/h5-9H,1-4H3. The summed E-state index contributed by atoms with van der Waals surface area (Å²) >= 11 is 0. The van der Waals surface area contributed by atoms with E-state index in [0.29, 0.717) is 0 Å². The summed E-state index contributed by atoms with van der Waals surface area (Å²) in [4.78, 5) is 14.7. The predicted molar refractivity (Wildman–Crippen MR) is 68.1 cm³/mol. The van der Waals surface area contributed by atoms with Crippen LogP contribution < -0.4 is 4.90 Å². The Hall–Kier alpha value is -1.72. The molecule has 0 heterocycles. The molecular weight excluding hydrogens is 257 g/mol. The molecule has 0 atom stereocenters. The van der Waals surface area contributed by atoms with Crippen LogP contribution in [0.4, 0.5) is 23.7 Å². The minimum atomic E-state index is -4.42. The molecule has 0 aromatic heterocycles. The van der Waals surface area contributed by atoms with Gasteiger partial charge in [-0.05, 0) is 32.0 Å². The van der Waals surface area contributed by atoms with E-state index in [1.165, 1.54) is 21.9 Å². The molecule has 0 aliphatic rings. The van der Waals surface area contributed by atoms with Crippen molar-refractivity contribution in [1.82, 2.24) is 4.90 Å². The van der Waals surface area contributed by atoms with Crippen molar-refractivity contribution in [2.45, 2.75) is 26.1 Å². The van der Waals surface area contributed by atoms with Crippen LogP contribution in [0, 0.1) is 0 Å². The second-order valence-corrected chi connectivity index (χ2v) is 4.69. The number of amides is 2. The number of urea groups is 1. The summed E-state index contributed by atoms with van der Waals surface area (Å²) < 4.78 is 38.0. The third-order valence-corrected chi connectivity index (χ3v) is 2.56. The number of nitrogens with zero attached hydrogens (tertiary/aromatic N) is 2. The average Bonchev–Trinajstić information content (AvgIpc) is 2.27. The van der Waals surface area contributed by atoms with Crippen molar-refractivity contribution in [1.29, 1.82) is 0 Å². The normalized spacial score (nSPS) is 11.6. The first-order valence-corrected chi connectivity index (χ1v) is 5.82. The van der Waals surface area contributed by atoms with Crippen molar-refractivity contribution < 1.29 is 18.0 Å². The van der Waals surface area contributed by atoms with E-state index in [1.807, 2.05) is 0 Å². The van der Waals surface area contributed by atoms with Gasteiger partial charge in [0.2, 0.25) is 0 Å². The zero-order chi connectivity index (χ0) is 14.8. The van der Waals surface area contributed by atoms with Gasteiger partial charge in [-0.15, -0.1) is 0 Å². The fourth-order valence-electron chi connectivity index (χ4n) is 1.68. The van der Waals surface area contributed by atoms with Crippen molar-refractivity contribution in [2.75, 3.05) is 19.0 Å². The summed E-state index contributed by atoms with van der Waals surface area (Å²) in [6.45, 7) is 3.50. The fourth-order valence-corrected chi connectivity index (χ4v) is 1.68. The fraction of sp³-hybridized carbons (Fsp3) is 0.462. The van der Waals surface area contributed by atoms with E-state index in [4.69, 9.17) is 0 Å². The molecule has 106 valence electrons. The van der Waals surface area contributed by atoms with Crippen LogP contribution in [0.15, 0.2) is 24.3 Å². The highest BCUT2D eigenvalue weighted by atomic mass is 19.4. The Morgan fingerprint density at radius 3 is 2.21 bits per heavy atom. The van der Waals surface area contributed by atoms with Gasteiger partial charge in [-0.3, -0.25) is 4.90 Å². The van der Waals surface area contributed by atoms with Crippen LogP contribution in [0.3, 0.4) is 0 Å². The molecule has 19 heavy (non-hydrogen) atoms. The summed E-state index contributed by atoms with van der Waals surface area (Å²) in [5.41, 5.74) is -0.522. The SMILES string of the molecule is CC(C)N(C(=O)N(C)C)c1cccc(C(F)(F)F)c1. The maximum Gasteiger partial charge on any atom is 0.416 e. The maximum atomic E-state index is 12.7. The second-order valence-electron chi connectivity index (χ2n) is 4.69. The molecule has 3 nitrogen and oxygen atoms in total. The van der Waals surface area contributed by atoms with Crippen LogP contribution in [-0.4, -0.2) is 31.1 Å². The monoisotopic (exact) mass is 274 g/mol. The molecule has 2 amide bonds. The number of carbonyl (C=O) groups excluding carboxylic acids is 1. The van der Waals surface area contributed by atoms with Crippen LogP contribution in [-0.2, 0) is 6.18 Å². The van der Waals surface area contributed by atoms with E-state index in [-0.39, 0.29) is 17.8 Å². The van der Waals surface area contributed by atoms with E-state index in [0.717, 1.165) is 12.1 Å². The lowest BCUT2D eigenvalue weighted by atomic mass is 10.1. The highest BCUT2D eigenvalue weighted by molar-refractivity contribution is 5.92. The lowest BCUT2D eigenvalue weighted by Crippen LogP contribution is -2.43.